The number of rotatable bonds is 2. The monoisotopic (exact) mass is 170 g/mol. The summed E-state index contributed by atoms with van der Waals surface area (Å²) in [6.45, 7) is 0. The van der Waals surface area contributed by atoms with E-state index in [9.17, 15) is 9.18 Å². The van der Waals surface area contributed by atoms with Crippen molar-refractivity contribution in [3.63, 3.8) is 0 Å². The molecule has 2 nitrogen and oxygen atoms in total. The van der Waals surface area contributed by atoms with Crippen LogP contribution in [0.4, 0.5) is 4.39 Å². The summed E-state index contributed by atoms with van der Waals surface area (Å²) in [5, 5.41) is 8.34. The van der Waals surface area contributed by atoms with Crippen molar-refractivity contribution >= 4 is 5.97 Å². The molecule has 0 aliphatic rings. The van der Waals surface area contributed by atoms with Crippen LogP contribution in [0.5, 0.6) is 0 Å². The highest BCUT2D eigenvalue weighted by atomic mass is 19.1. The lowest BCUT2D eigenvalue weighted by Gasteiger charge is -1.94. The van der Waals surface area contributed by atoms with Crippen molar-refractivity contribution in [3.8, 4) is 0 Å². The van der Waals surface area contributed by atoms with E-state index in [1.807, 2.05) is 0 Å². The lowest BCUT2D eigenvalue weighted by Crippen LogP contribution is -1.99. The first-order valence-electron chi connectivity index (χ1n) is 3.15. The predicted molar refractivity (Wildman–Crippen MR) is 44.5 cm³/mol. The fourth-order valence-corrected chi connectivity index (χ4v) is 0.777. The van der Waals surface area contributed by atoms with Crippen LogP contribution in [0.1, 0.15) is 13.0 Å². The number of aliphatic carboxylic acids is 1. The number of carboxylic acids is 1. The molecule has 66 valence electrons. The van der Waals surface area contributed by atoms with E-state index in [-0.39, 0.29) is 19.7 Å². The Morgan fingerprint density at radius 2 is 1.83 bits per heavy atom. The number of carboxylic acid groups (broad SMARTS) is 1. The summed E-state index contributed by atoms with van der Waals surface area (Å²) in [7, 11) is 0. The van der Waals surface area contributed by atoms with Crippen LogP contribution in [0.15, 0.2) is 24.3 Å². The van der Waals surface area contributed by atoms with Gasteiger partial charge in [0, 0.05) is 0 Å². The van der Waals surface area contributed by atoms with E-state index >= 15 is 0 Å². The van der Waals surface area contributed by atoms with Crippen molar-refractivity contribution in [1.29, 1.82) is 0 Å². The molecule has 0 saturated carbocycles. The lowest BCUT2D eigenvalue weighted by molar-refractivity contribution is -0.136. The molecule has 0 aromatic heterocycles. The number of hydrogen-bond donors (Lipinski definition) is 1. The van der Waals surface area contributed by atoms with Crippen LogP contribution < -0.4 is 0 Å². The van der Waals surface area contributed by atoms with Crippen molar-refractivity contribution in [3.05, 3.63) is 35.6 Å². The van der Waals surface area contributed by atoms with E-state index in [4.69, 9.17) is 5.11 Å². The van der Waals surface area contributed by atoms with Gasteiger partial charge in [0.15, 0.2) is 0 Å². The first-order chi connectivity index (χ1) is 5.18. The minimum atomic E-state index is -0.906. The summed E-state index contributed by atoms with van der Waals surface area (Å²) in [4.78, 5) is 10.2. The molecule has 0 bridgehead atoms. The zero-order valence-corrected chi connectivity index (χ0v) is 5.75. The second kappa shape index (κ2) is 4.49. The highest BCUT2D eigenvalue weighted by molar-refractivity contribution is 5.70. The Kier molecular flexibility index (Phi) is 3.97. The molecule has 0 heterocycles. The Morgan fingerprint density at radius 3 is 2.25 bits per heavy atom. The predicted octanol–water partition coefficient (Wildman–Crippen LogP) is 2.09. The Hall–Kier alpha value is -1.38. The Balaban J connectivity index is 0.00000121. The standard InChI is InChI=1S/C8H7FO2.CH4/c9-7-3-1-6(2-4-7)5-8(10)11;/h1-4H,5H2,(H,10,11);1H4. The van der Waals surface area contributed by atoms with Crippen molar-refractivity contribution < 1.29 is 14.3 Å². The first-order valence-corrected chi connectivity index (χ1v) is 3.15. The van der Waals surface area contributed by atoms with Crippen LogP contribution in [0.25, 0.3) is 0 Å². The topological polar surface area (TPSA) is 37.3 Å². The van der Waals surface area contributed by atoms with Crippen molar-refractivity contribution in [2.75, 3.05) is 0 Å². The summed E-state index contributed by atoms with van der Waals surface area (Å²) >= 11 is 0. The SMILES string of the molecule is C.O=C(O)Cc1ccc(F)cc1. The Morgan fingerprint density at radius 1 is 1.33 bits per heavy atom. The third-order valence-electron chi connectivity index (χ3n) is 1.27. The normalized spacial score (nSPS) is 8.75. The van der Waals surface area contributed by atoms with Crippen molar-refractivity contribution in [2.45, 2.75) is 13.8 Å². The van der Waals surface area contributed by atoms with Gasteiger partial charge in [-0.15, -0.1) is 0 Å². The third kappa shape index (κ3) is 3.14. The van der Waals surface area contributed by atoms with E-state index < -0.39 is 5.97 Å². The van der Waals surface area contributed by atoms with Gasteiger partial charge in [-0.25, -0.2) is 4.39 Å². The Labute approximate surface area is 70.7 Å². The van der Waals surface area contributed by atoms with Gasteiger partial charge < -0.3 is 5.11 Å². The molecule has 0 aliphatic carbocycles. The fourth-order valence-electron chi connectivity index (χ4n) is 0.777. The van der Waals surface area contributed by atoms with Crippen LogP contribution in [0, 0.1) is 5.82 Å². The summed E-state index contributed by atoms with van der Waals surface area (Å²) in [6, 6.07) is 5.42. The number of halogens is 1. The maximum absolute atomic E-state index is 12.3. The van der Waals surface area contributed by atoms with Gasteiger partial charge in [0.05, 0.1) is 6.42 Å². The third-order valence-corrected chi connectivity index (χ3v) is 1.27. The summed E-state index contributed by atoms with van der Waals surface area (Å²) in [6.07, 6.45) is -0.0553. The molecule has 1 rings (SSSR count). The summed E-state index contributed by atoms with van der Waals surface area (Å²) in [5.41, 5.74) is 0.610. The molecule has 0 atom stereocenters. The maximum Gasteiger partial charge on any atom is 0.307 e. The van der Waals surface area contributed by atoms with Crippen LogP contribution in [-0.4, -0.2) is 11.1 Å². The van der Waals surface area contributed by atoms with Gasteiger partial charge in [-0.2, -0.15) is 0 Å². The molecule has 12 heavy (non-hydrogen) atoms. The van der Waals surface area contributed by atoms with Crippen LogP contribution >= 0.6 is 0 Å². The summed E-state index contributed by atoms with van der Waals surface area (Å²) < 4.78 is 12.3. The second-order valence-corrected chi connectivity index (χ2v) is 2.20. The van der Waals surface area contributed by atoms with Gasteiger partial charge in [0.2, 0.25) is 0 Å². The van der Waals surface area contributed by atoms with E-state index in [0.29, 0.717) is 5.56 Å². The highest BCUT2D eigenvalue weighted by Crippen LogP contribution is 2.02. The van der Waals surface area contributed by atoms with E-state index in [1.54, 1.807) is 0 Å². The molecule has 0 unspecified atom stereocenters. The molecule has 0 aliphatic heterocycles. The fraction of sp³-hybridized carbons (Fsp3) is 0.222. The smallest absolute Gasteiger partial charge is 0.307 e. The average molecular weight is 170 g/mol. The maximum atomic E-state index is 12.3. The molecular weight excluding hydrogens is 159 g/mol. The van der Waals surface area contributed by atoms with Crippen LogP contribution in [-0.2, 0) is 11.2 Å². The van der Waals surface area contributed by atoms with Crippen LogP contribution in [0.2, 0.25) is 0 Å². The highest BCUT2D eigenvalue weighted by Gasteiger charge is 1.98. The molecule has 0 saturated heterocycles. The van der Waals surface area contributed by atoms with Gasteiger partial charge in [0.25, 0.3) is 0 Å². The van der Waals surface area contributed by atoms with E-state index in [0.717, 1.165) is 0 Å². The number of hydrogen-bond acceptors (Lipinski definition) is 1. The molecule has 1 aromatic rings. The first kappa shape index (κ1) is 10.6. The van der Waals surface area contributed by atoms with Crippen molar-refractivity contribution in [2.24, 2.45) is 0 Å². The van der Waals surface area contributed by atoms with Gasteiger partial charge in [-0.1, -0.05) is 19.6 Å². The van der Waals surface area contributed by atoms with Gasteiger partial charge in [-0.05, 0) is 17.7 Å². The van der Waals surface area contributed by atoms with E-state index in [2.05, 4.69) is 0 Å². The van der Waals surface area contributed by atoms with Gasteiger partial charge in [0.1, 0.15) is 5.82 Å². The summed E-state index contributed by atoms with van der Waals surface area (Å²) in [5.74, 6) is -1.25. The van der Waals surface area contributed by atoms with Crippen molar-refractivity contribution in [1.82, 2.24) is 0 Å². The number of carbonyl (C=O) groups is 1. The minimum absolute atomic E-state index is 0. The molecule has 0 spiro atoms. The molecule has 0 radical (unpaired) electrons. The zero-order valence-electron chi connectivity index (χ0n) is 5.75. The largest absolute Gasteiger partial charge is 0.481 e. The lowest BCUT2D eigenvalue weighted by atomic mass is 10.1. The second-order valence-electron chi connectivity index (χ2n) is 2.20. The van der Waals surface area contributed by atoms with E-state index in [1.165, 1.54) is 24.3 Å². The Bertz CT molecular complexity index is 254. The van der Waals surface area contributed by atoms with Gasteiger partial charge >= 0.3 is 5.97 Å². The average Bonchev–Trinajstić information content (AvgIpc) is 1.93. The number of benzene rings is 1. The molecule has 3 heteroatoms. The molecule has 1 aromatic carbocycles. The minimum Gasteiger partial charge on any atom is -0.481 e. The van der Waals surface area contributed by atoms with Crippen LogP contribution in [0.3, 0.4) is 0 Å². The molecule has 1 N–H and O–H groups in total. The molecular formula is C9H11FO2. The molecule has 0 amide bonds. The zero-order chi connectivity index (χ0) is 8.27. The quantitative estimate of drug-likeness (QED) is 0.737. The molecule has 0 fully saturated rings. The van der Waals surface area contributed by atoms with Gasteiger partial charge in [-0.3, -0.25) is 4.79 Å².